The largest absolute Gasteiger partial charge is 0.385 e. The highest BCUT2D eigenvalue weighted by molar-refractivity contribution is 6.32. The summed E-state index contributed by atoms with van der Waals surface area (Å²) in [6, 6.07) is 11.8. The van der Waals surface area contributed by atoms with E-state index in [-0.39, 0.29) is 16.6 Å². The van der Waals surface area contributed by atoms with Gasteiger partial charge in [-0.25, -0.2) is 0 Å². The fourth-order valence-corrected chi connectivity index (χ4v) is 3.19. The van der Waals surface area contributed by atoms with E-state index in [1.807, 2.05) is 12.1 Å². The molecule has 1 N–H and O–H groups in total. The van der Waals surface area contributed by atoms with Gasteiger partial charge in [0.15, 0.2) is 0 Å². The zero-order chi connectivity index (χ0) is 18.7. The number of benzene rings is 2. The first kappa shape index (κ1) is 18.2. The van der Waals surface area contributed by atoms with Gasteiger partial charge in [-0.3, -0.25) is 14.9 Å². The van der Waals surface area contributed by atoms with Gasteiger partial charge in [-0.1, -0.05) is 29.8 Å². The molecule has 1 atom stereocenters. The molecule has 2 aromatic rings. The van der Waals surface area contributed by atoms with E-state index in [2.05, 4.69) is 5.32 Å². The summed E-state index contributed by atoms with van der Waals surface area (Å²) in [5.41, 5.74) is 1.68. The molecule has 0 fully saturated rings. The summed E-state index contributed by atoms with van der Waals surface area (Å²) in [7, 11) is 1.60. The Balaban J connectivity index is 2.01. The van der Waals surface area contributed by atoms with E-state index in [9.17, 15) is 14.9 Å². The molecular formula is C18H18ClN3O4. The highest BCUT2D eigenvalue weighted by Gasteiger charge is 2.33. The molecule has 0 bridgehead atoms. The van der Waals surface area contributed by atoms with Gasteiger partial charge in [-0.2, -0.15) is 0 Å². The van der Waals surface area contributed by atoms with E-state index in [0.29, 0.717) is 36.4 Å². The number of carbonyl (C=O) groups excluding carboxylic acids is 1. The highest BCUT2D eigenvalue weighted by Crippen LogP contribution is 2.35. The minimum atomic E-state index is -0.528. The van der Waals surface area contributed by atoms with E-state index < -0.39 is 11.1 Å². The van der Waals surface area contributed by atoms with Crippen LogP contribution in [0.5, 0.6) is 0 Å². The number of ether oxygens (including phenoxy) is 1. The summed E-state index contributed by atoms with van der Waals surface area (Å²) >= 11 is 5.92. The molecule has 1 unspecified atom stereocenters. The molecule has 0 saturated heterocycles. The minimum absolute atomic E-state index is 0.0622. The van der Waals surface area contributed by atoms with Crippen molar-refractivity contribution in [3.05, 3.63) is 68.7 Å². The van der Waals surface area contributed by atoms with Crippen LogP contribution in [0, 0.1) is 10.1 Å². The number of anilines is 1. The van der Waals surface area contributed by atoms with Crippen LogP contribution in [-0.2, 0) is 4.74 Å². The van der Waals surface area contributed by atoms with Crippen molar-refractivity contribution in [3.63, 3.8) is 0 Å². The Labute approximate surface area is 155 Å². The van der Waals surface area contributed by atoms with Crippen molar-refractivity contribution in [1.82, 2.24) is 4.90 Å². The van der Waals surface area contributed by atoms with Crippen LogP contribution in [0.25, 0.3) is 0 Å². The molecule has 7 nitrogen and oxygen atoms in total. The van der Waals surface area contributed by atoms with E-state index >= 15 is 0 Å². The van der Waals surface area contributed by atoms with Gasteiger partial charge >= 0.3 is 0 Å². The number of nitro benzene ring substituents is 1. The SMILES string of the molecule is COCCCN1C(=O)c2ccccc2NC1c1ccc(Cl)c([N+](=O)[O-])c1. The first-order valence-electron chi connectivity index (χ1n) is 8.12. The summed E-state index contributed by atoms with van der Waals surface area (Å²) in [4.78, 5) is 25.3. The molecule has 136 valence electrons. The van der Waals surface area contributed by atoms with Gasteiger partial charge in [-0.05, 0) is 24.6 Å². The van der Waals surface area contributed by atoms with Crippen molar-refractivity contribution in [2.75, 3.05) is 25.6 Å². The predicted molar refractivity (Wildman–Crippen MR) is 98.4 cm³/mol. The molecule has 3 rings (SSSR count). The maximum Gasteiger partial charge on any atom is 0.288 e. The highest BCUT2D eigenvalue weighted by atomic mass is 35.5. The first-order valence-corrected chi connectivity index (χ1v) is 8.50. The standard InChI is InChI=1S/C18H18ClN3O4/c1-26-10-4-9-21-17(12-7-8-14(19)16(11-12)22(24)25)20-15-6-3-2-5-13(15)18(21)23/h2-3,5-8,11,17,20H,4,9-10H2,1H3. The lowest BCUT2D eigenvalue weighted by molar-refractivity contribution is -0.384. The Bertz CT molecular complexity index is 843. The molecule has 1 heterocycles. The molecule has 1 amide bonds. The smallest absolute Gasteiger partial charge is 0.288 e. The van der Waals surface area contributed by atoms with Crippen molar-refractivity contribution in [2.24, 2.45) is 0 Å². The first-order chi connectivity index (χ1) is 12.5. The van der Waals surface area contributed by atoms with Crippen LogP contribution in [0.2, 0.25) is 5.02 Å². The minimum Gasteiger partial charge on any atom is -0.385 e. The summed E-state index contributed by atoms with van der Waals surface area (Å²) in [6.07, 6.45) is 0.128. The summed E-state index contributed by atoms with van der Waals surface area (Å²) in [5.74, 6) is -0.127. The van der Waals surface area contributed by atoms with Crippen LogP contribution in [0.3, 0.4) is 0 Å². The molecule has 1 aliphatic rings. The fraction of sp³-hybridized carbons (Fsp3) is 0.278. The van der Waals surface area contributed by atoms with Gasteiger partial charge in [0.2, 0.25) is 0 Å². The number of halogens is 1. The molecule has 0 aromatic heterocycles. The summed E-state index contributed by atoms with van der Waals surface area (Å²) in [5, 5.41) is 14.6. The third-order valence-corrected chi connectivity index (χ3v) is 4.57. The number of hydrogen-bond donors (Lipinski definition) is 1. The van der Waals surface area contributed by atoms with E-state index in [4.69, 9.17) is 16.3 Å². The van der Waals surface area contributed by atoms with Gasteiger partial charge < -0.3 is 15.0 Å². The second-order valence-corrected chi connectivity index (χ2v) is 6.31. The normalized spacial score (nSPS) is 16.2. The monoisotopic (exact) mass is 375 g/mol. The van der Waals surface area contributed by atoms with Crippen molar-refractivity contribution >= 4 is 28.9 Å². The van der Waals surface area contributed by atoms with Crippen molar-refractivity contribution in [3.8, 4) is 0 Å². The molecule has 26 heavy (non-hydrogen) atoms. The lowest BCUT2D eigenvalue weighted by Crippen LogP contribution is -2.43. The van der Waals surface area contributed by atoms with Crippen LogP contribution in [0.4, 0.5) is 11.4 Å². The summed E-state index contributed by atoms with van der Waals surface area (Å²) < 4.78 is 5.08. The number of hydrogen-bond acceptors (Lipinski definition) is 5. The molecule has 0 saturated carbocycles. The Morgan fingerprint density at radius 2 is 2.08 bits per heavy atom. The Hall–Kier alpha value is -2.64. The van der Waals surface area contributed by atoms with E-state index in [0.717, 1.165) is 0 Å². The predicted octanol–water partition coefficient (Wildman–Crippen LogP) is 3.85. The quantitative estimate of drug-likeness (QED) is 0.471. The van der Waals surface area contributed by atoms with Crippen LogP contribution >= 0.6 is 11.6 Å². The molecule has 8 heteroatoms. The number of amides is 1. The van der Waals surface area contributed by atoms with Gasteiger partial charge in [0, 0.05) is 37.6 Å². The third kappa shape index (κ3) is 3.49. The average molecular weight is 376 g/mol. The molecule has 1 aliphatic heterocycles. The van der Waals surface area contributed by atoms with Gasteiger partial charge in [0.1, 0.15) is 11.2 Å². The topological polar surface area (TPSA) is 84.7 Å². The third-order valence-electron chi connectivity index (χ3n) is 4.25. The Morgan fingerprint density at radius 3 is 2.81 bits per heavy atom. The summed E-state index contributed by atoms with van der Waals surface area (Å²) in [6.45, 7) is 0.966. The van der Waals surface area contributed by atoms with Gasteiger partial charge in [0.25, 0.3) is 11.6 Å². The second-order valence-electron chi connectivity index (χ2n) is 5.91. The molecule has 0 aliphatic carbocycles. The number of nitrogens with zero attached hydrogens (tertiary/aromatic N) is 2. The van der Waals surface area contributed by atoms with Gasteiger partial charge in [-0.15, -0.1) is 0 Å². The number of para-hydroxylation sites is 1. The number of methoxy groups -OCH3 is 1. The van der Waals surface area contributed by atoms with Gasteiger partial charge in [0.05, 0.1) is 10.5 Å². The second kappa shape index (κ2) is 7.72. The number of rotatable bonds is 6. The lowest BCUT2D eigenvalue weighted by atomic mass is 10.0. The Morgan fingerprint density at radius 1 is 1.31 bits per heavy atom. The number of carbonyl (C=O) groups is 1. The lowest BCUT2D eigenvalue weighted by Gasteiger charge is -2.38. The van der Waals surface area contributed by atoms with Crippen LogP contribution in [-0.4, -0.2) is 36.0 Å². The van der Waals surface area contributed by atoms with Crippen molar-refractivity contribution in [2.45, 2.75) is 12.6 Å². The number of nitrogens with one attached hydrogen (secondary N) is 1. The van der Waals surface area contributed by atoms with Crippen molar-refractivity contribution in [1.29, 1.82) is 0 Å². The zero-order valence-corrected chi connectivity index (χ0v) is 14.9. The molecule has 0 radical (unpaired) electrons. The van der Waals surface area contributed by atoms with E-state index in [1.54, 1.807) is 30.2 Å². The van der Waals surface area contributed by atoms with E-state index in [1.165, 1.54) is 12.1 Å². The Kier molecular flexibility index (Phi) is 5.39. The maximum absolute atomic E-state index is 13.0. The maximum atomic E-state index is 13.0. The molecule has 2 aromatic carbocycles. The number of nitro groups is 1. The van der Waals surface area contributed by atoms with Crippen LogP contribution in [0.1, 0.15) is 28.5 Å². The fourth-order valence-electron chi connectivity index (χ4n) is 3.01. The van der Waals surface area contributed by atoms with Crippen LogP contribution < -0.4 is 5.32 Å². The average Bonchev–Trinajstić information content (AvgIpc) is 2.64. The van der Waals surface area contributed by atoms with Crippen LogP contribution in [0.15, 0.2) is 42.5 Å². The van der Waals surface area contributed by atoms with Crippen molar-refractivity contribution < 1.29 is 14.5 Å². The molecular weight excluding hydrogens is 358 g/mol. The number of fused-ring (bicyclic) bond motifs is 1. The molecule has 0 spiro atoms. The zero-order valence-electron chi connectivity index (χ0n) is 14.1.